The SMILES string of the molecule is Cc1c(C(F)(F)C(F)(F)F)ccc2c1C(N1CCCC1=O)=C(N(O)C=O)C(C)(C)O2. The van der Waals surface area contributed by atoms with E-state index in [1.807, 2.05) is 0 Å². The summed E-state index contributed by atoms with van der Waals surface area (Å²) in [6.07, 6.45) is -5.29. The summed E-state index contributed by atoms with van der Waals surface area (Å²) in [5.74, 6) is -5.63. The van der Waals surface area contributed by atoms with E-state index >= 15 is 0 Å². The predicted octanol–water partition coefficient (Wildman–Crippen LogP) is 3.96. The van der Waals surface area contributed by atoms with Crippen LogP contribution in [0.25, 0.3) is 5.70 Å². The zero-order chi connectivity index (χ0) is 22.6. The second-order valence-electron chi connectivity index (χ2n) is 7.59. The van der Waals surface area contributed by atoms with Gasteiger partial charge in [-0.15, -0.1) is 0 Å². The highest BCUT2D eigenvalue weighted by Crippen LogP contribution is 2.51. The molecule has 0 spiro atoms. The van der Waals surface area contributed by atoms with E-state index in [9.17, 15) is 36.7 Å². The normalized spacial score (nSPS) is 19.0. The van der Waals surface area contributed by atoms with Gasteiger partial charge in [0.15, 0.2) is 0 Å². The minimum Gasteiger partial charge on any atom is -0.481 e. The van der Waals surface area contributed by atoms with Gasteiger partial charge >= 0.3 is 12.1 Å². The third kappa shape index (κ3) is 3.21. The van der Waals surface area contributed by atoms with Gasteiger partial charge in [0.05, 0.1) is 5.70 Å². The van der Waals surface area contributed by atoms with Crippen molar-refractivity contribution in [2.45, 2.75) is 51.3 Å². The number of benzene rings is 1. The lowest BCUT2D eigenvalue weighted by atomic mass is 9.88. The maximum atomic E-state index is 14.2. The summed E-state index contributed by atoms with van der Waals surface area (Å²) in [7, 11) is 0. The van der Waals surface area contributed by atoms with Crippen LogP contribution in [0, 0.1) is 6.92 Å². The Hall–Kier alpha value is -2.69. The number of likely N-dealkylation sites (tertiary alicyclic amines) is 1. The fourth-order valence-corrected chi connectivity index (χ4v) is 3.87. The van der Waals surface area contributed by atoms with Crippen molar-refractivity contribution < 1.29 is 41.5 Å². The van der Waals surface area contributed by atoms with Crippen molar-refractivity contribution in [2.75, 3.05) is 6.54 Å². The molecule has 1 N–H and O–H groups in total. The fourth-order valence-electron chi connectivity index (χ4n) is 3.87. The Morgan fingerprint density at radius 1 is 1.23 bits per heavy atom. The molecule has 0 bridgehead atoms. The molecule has 1 aromatic carbocycles. The van der Waals surface area contributed by atoms with Gasteiger partial charge in [0.1, 0.15) is 17.0 Å². The Labute approximate surface area is 168 Å². The topological polar surface area (TPSA) is 70.1 Å². The van der Waals surface area contributed by atoms with E-state index in [-0.39, 0.29) is 47.1 Å². The first-order valence-electron chi connectivity index (χ1n) is 9.00. The average molecular weight is 434 g/mol. The van der Waals surface area contributed by atoms with Gasteiger partial charge < -0.3 is 9.64 Å². The molecule has 2 heterocycles. The number of hydroxylamine groups is 2. The molecule has 0 unspecified atom stereocenters. The molecule has 0 aliphatic carbocycles. The zero-order valence-electron chi connectivity index (χ0n) is 16.3. The molecule has 0 radical (unpaired) electrons. The first-order valence-corrected chi connectivity index (χ1v) is 9.00. The Morgan fingerprint density at radius 2 is 1.87 bits per heavy atom. The predicted molar refractivity (Wildman–Crippen MR) is 93.4 cm³/mol. The summed E-state index contributed by atoms with van der Waals surface area (Å²) in [6, 6.07) is 1.60. The summed E-state index contributed by atoms with van der Waals surface area (Å²) in [6.45, 7) is 4.12. The van der Waals surface area contributed by atoms with Crippen molar-refractivity contribution in [3.05, 3.63) is 34.5 Å². The van der Waals surface area contributed by atoms with Crippen molar-refractivity contribution >= 4 is 18.0 Å². The third-order valence-corrected chi connectivity index (χ3v) is 5.19. The Bertz CT molecular complexity index is 940. The van der Waals surface area contributed by atoms with Gasteiger partial charge in [-0.25, -0.2) is 0 Å². The number of hydrogen-bond donors (Lipinski definition) is 1. The van der Waals surface area contributed by atoms with Crippen molar-refractivity contribution in [2.24, 2.45) is 0 Å². The first kappa shape index (κ1) is 22.0. The van der Waals surface area contributed by atoms with Crippen LogP contribution in [-0.4, -0.2) is 45.8 Å². The van der Waals surface area contributed by atoms with Gasteiger partial charge in [0.25, 0.3) is 0 Å². The fraction of sp³-hybridized carbons (Fsp3) is 0.474. The van der Waals surface area contributed by atoms with E-state index < -0.39 is 34.7 Å². The van der Waals surface area contributed by atoms with Gasteiger partial charge in [-0.1, -0.05) is 0 Å². The number of halogens is 5. The van der Waals surface area contributed by atoms with E-state index in [0.29, 0.717) is 12.5 Å². The first-order chi connectivity index (χ1) is 13.7. The van der Waals surface area contributed by atoms with Crippen LogP contribution in [0.1, 0.15) is 43.4 Å². The van der Waals surface area contributed by atoms with Crippen LogP contribution < -0.4 is 4.74 Å². The Morgan fingerprint density at radius 3 is 2.37 bits per heavy atom. The van der Waals surface area contributed by atoms with E-state index in [4.69, 9.17) is 4.74 Å². The highest BCUT2D eigenvalue weighted by atomic mass is 19.4. The molecule has 0 aromatic heterocycles. The Kier molecular flexibility index (Phi) is 5.08. The maximum Gasteiger partial charge on any atom is 0.458 e. The van der Waals surface area contributed by atoms with Crippen molar-refractivity contribution in [1.29, 1.82) is 0 Å². The zero-order valence-corrected chi connectivity index (χ0v) is 16.3. The van der Waals surface area contributed by atoms with Gasteiger partial charge in [-0.05, 0) is 44.9 Å². The molecular formula is C19H19F5N2O4. The molecule has 0 saturated carbocycles. The molecule has 0 atom stereocenters. The van der Waals surface area contributed by atoms with Crippen molar-refractivity contribution in [3.63, 3.8) is 0 Å². The van der Waals surface area contributed by atoms with Gasteiger partial charge in [0.2, 0.25) is 12.3 Å². The minimum atomic E-state index is -5.84. The highest BCUT2D eigenvalue weighted by molar-refractivity contribution is 5.92. The largest absolute Gasteiger partial charge is 0.481 e. The summed E-state index contributed by atoms with van der Waals surface area (Å²) in [4.78, 5) is 24.9. The molecule has 1 fully saturated rings. The number of rotatable bonds is 4. The van der Waals surface area contributed by atoms with E-state index in [1.165, 1.54) is 18.7 Å². The van der Waals surface area contributed by atoms with Crippen LogP contribution in [0.4, 0.5) is 22.0 Å². The third-order valence-electron chi connectivity index (χ3n) is 5.19. The molecule has 3 rings (SSSR count). The summed E-state index contributed by atoms with van der Waals surface area (Å²) >= 11 is 0. The van der Waals surface area contributed by atoms with E-state index in [2.05, 4.69) is 0 Å². The average Bonchev–Trinajstić information content (AvgIpc) is 3.04. The van der Waals surface area contributed by atoms with Crippen molar-refractivity contribution in [1.82, 2.24) is 9.96 Å². The lowest BCUT2D eigenvalue weighted by Crippen LogP contribution is -2.45. The molecule has 1 saturated heterocycles. The van der Waals surface area contributed by atoms with E-state index in [1.54, 1.807) is 0 Å². The van der Waals surface area contributed by atoms with Crippen LogP contribution >= 0.6 is 0 Å². The number of amides is 2. The minimum absolute atomic E-state index is 0.0233. The number of fused-ring (bicyclic) bond motifs is 1. The molecule has 30 heavy (non-hydrogen) atoms. The summed E-state index contributed by atoms with van der Waals surface area (Å²) < 4.78 is 73.1. The molecule has 6 nitrogen and oxygen atoms in total. The number of alkyl halides is 5. The lowest BCUT2D eigenvalue weighted by Gasteiger charge is -2.41. The molecule has 1 aromatic rings. The van der Waals surface area contributed by atoms with E-state index in [0.717, 1.165) is 13.0 Å². The standard InChI is InChI=1S/C19H19F5N2O4/c1-10-11(18(20,21)19(22,23)24)6-7-12-14(10)15(25-8-4-5-13(25)28)16(26(29)9-27)17(2,3)30-12/h6-7,9,29H,4-5,8H2,1-3H3. The highest BCUT2D eigenvalue weighted by Gasteiger charge is 2.60. The number of ether oxygens (including phenoxy) is 1. The van der Waals surface area contributed by atoms with Crippen LogP contribution in [0.3, 0.4) is 0 Å². The molecule has 2 aliphatic heterocycles. The quantitative estimate of drug-likeness (QED) is 0.337. The summed E-state index contributed by atoms with van der Waals surface area (Å²) in [5, 5.41) is 10.3. The molecule has 2 amide bonds. The second kappa shape index (κ2) is 6.93. The molecule has 164 valence electrons. The van der Waals surface area contributed by atoms with Crippen LogP contribution in [-0.2, 0) is 15.5 Å². The summed E-state index contributed by atoms with van der Waals surface area (Å²) in [5.41, 5.74) is -3.76. The number of carbonyl (C=O) groups is 2. The Balaban J connectivity index is 2.39. The smallest absolute Gasteiger partial charge is 0.458 e. The van der Waals surface area contributed by atoms with Gasteiger partial charge in [-0.2, -0.15) is 27.0 Å². The molecule has 2 aliphatic rings. The maximum absolute atomic E-state index is 14.2. The van der Waals surface area contributed by atoms with Gasteiger partial charge in [-0.3, -0.25) is 14.8 Å². The number of nitrogens with zero attached hydrogens (tertiary/aromatic N) is 2. The van der Waals surface area contributed by atoms with Gasteiger partial charge in [0, 0.05) is 24.1 Å². The van der Waals surface area contributed by atoms with Crippen LogP contribution in [0.5, 0.6) is 5.75 Å². The van der Waals surface area contributed by atoms with Crippen LogP contribution in [0.15, 0.2) is 17.8 Å². The lowest BCUT2D eigenvalue weighted by molar-refractivity contribution is -0.289. The molecular weight excluding hydrogens is 415 g/mol. The number of hydrogen-bond acceptors (Lipinski definition) is 4. The monoisotopic (exact) mass is 434 g/mol. The number of carbonyl (C=O) groups excluding carboxylic acids is 2. The second-order valence-corrected chi connectivity index (χ2v) is 7.59. The van der Waals surface area contributed by atoms with Crippen LogP contribution in [0.2, 0.25) is 0 Å². The molecule has 11 heteroatoms. The van der Waals surface area contributed by atoms with Crippen molar-refractivity contribution in [3.8, 4) is 5.75 Å².